The molecule has 0 spiro atoms. The first-order chi connectivity index (χ1) is 14.5. The van der Waals surface area contributed by atoms with Crippen LogP contribution in [0.2, 0.25) is 0 Å². The molecule has 2 heterocycles. The van der Waals surface area contributed by atoms with E-state index in [-0.39, 0.29) is 18.4 Å². The summed E-state index contributed by atoms with van der Waals surface area (Å²) < 4.78 is 27.3. The Bertz CT molecular complexity index is 1080. The van der Waals surface area contributed by atoms with Gasteiger partial charge in [-0.1, -0.05) is 24.3 Å². The molecule has 1 fully saturated rings. The molecule has 0 unspecified atom stereocenters. The van der Waals surface area contributed by atoms with E-state index in [1.165, 1.54) is 15.6 Å². The molecule has 1 aliphatic rings. The summed E-state index contributed by atoms with van der Waals surface area (Å²) in [6.07, 6.45) is 1.35. The number of thiophene rings is 1. The van der Waals surface area contributed by atoms with Crippen LogP contribution < -0.4 is 10.6 Å². The van der Waals surface area contributed by atoms with E-state index < -0.39 is 10.0 Å². The van der Waals surface area contributed by atoms with Crippen molar-refractivity contribution in [3.63, 3.8) is 0 Å². The lowest BCUT2D eigenvalue weighted by Crippen LogP contribution is -2.43. The van der Waals surface area contributed by atoms with E-state index in [1.807, 2.05) is 54.6 Å². The van der Waals surface area contributed by atoms with E-state index >= 15 is 0 Å². The van der Waals surface area contributed by atoms with Crippen molar-refractivity contribution in [3.8, 4) is 0 Å². The summed E-state index contributed by atoms with van der Waals surface area (Å²) in [6, 6.07) is 20.7. The zero-order valence-corrected chi connectivity index (χ0v) is 18.0. The van der Waals surface area contributed by atoms with Crippen LogP contribution >= 0.6 is 11.3 Å². The molecule has 0 bridgehead atoms. The minimum absolute atomic E-state index is 0.148. The van der Waals surface area contributed by atoms with Gasteiger partial charge in [-0.05, 0) is 60.7 Å². The van der Waals surface area contributed by atoms with Crippen molar-refractivity contribution >= 4 is 44.3 Å². The number of amides is 1. The van der Waals surface area contributed by atoms with Crippen molar-refractivity contribution in [2.24, 2.45) is 5.92 Å². The van der Waals surface area contributed by atoms with Gasteiger partial charge in [0.15, 0.2) is 0 Å². The topological polar surface area (TPSA) is 78.5 Å². The number of hydrogen-bond acceptors (Lipinski definition) is 5. The van der Waals surface area contributed by atoms with Gasteiger partial charge in [-0.15, -0.1) is 11.3 Å². The average Bonchev–Trinajstić information content (AvgIpc) is 3.32. The van der Waals surface area contributed by atoms with Crippen LogP contribution in [0.25, 0.3) is 0 Å². The van der Waals surface area contributed by atoms with E-state index in [0.717, 1.165) is 11.4 Å². The number of anilines is 3. The molecule has 2 N–H and O–H groups in total. The predicted octanol–water partition coefficient (Wildman–Crippen LogP) is 4.53. The van der Waals surface area contributed by atoms with Gasteiger partial charge in [0.25, 0.3) is 10.0 Å². The molecule has 2 aromatic carbocycles. The van der Waals surface area contributed by atoms with Crippen LogP contribution in [0.5, 0.6) is 0 Å². The summed E-state index contributed by atoms with van der Waals surface area (Å²) in [5, 5.41) is 7.97. The molecule has 0 saturated carbocycles. The second-order valence-corrected chi connectivity index (χ2v) is 10.3. The molecule has 1 saturated heterocycles. The Morgan fingerprint density at radius 1 is 0.933 bits per heavy atom. The number of sulfonamides is 1. The van der Waals surface area contributed by atoms with Crippen LogP contribution in [0.1, 0.15) is 12.8 Å². The summed E-state index contributed by atoms with van der Waals surface area (Å²) in [4.78, 5) is 12.8. The lowest BCUT2D eigenvalue weighted by molar-refractivity contribution is -0.120. The third-order valence-corrected chi connectivity index (χ3v) is 8.30. The van der Waals surface area contributed by atoms with Gasteiger partial charge in [0.05, 0.1) is 5.92 Å². The standard InChI is InChI=1S/C22H23N3O3S2/c26-22(17-6-4-14-25(16-17)30(27,28)21-9-5-15-29-21)24-20-12-10-19(11-13-20)23-18-7-2-1-3-8-18/h1-3,5,7-13,15,17,23H,4,6,14,16H2,(H,24,26)/t17-/m1/s1. The molecule has 6 nitrogen and oxygen atoms in total. The summed E-state index contributed by atoms with van der Waals surface area (Å²) in [5.41, 5.74) is 2.60. The number of carbonyl (C=O) groups is 1. The molecule has 0 aliphatic carbocycles. The maximum atomic E-state index is 12.8. The maximum absolute atomic E-state index is 12.8. The molecule has 156 valence electrons. The van der Waals surface area contributed by atoms with E-state index in [9.17, 15) is 13.2 Å². The van der Waals surface area contributed by atoms with Gasteiger partial charge >= 0.3 is 0 Å². The van der Waals surface area contributed by atoms with Crippen LogP contribution in [-0.2, 0) is 14.8 Å². The summed E-state index contributed by atoms with van der Waals surface area (Å²) in [6.45, 7) is 0.656. The van der Waals surface area contributed by atoms with Crippen LogP contribution in [0.3, 0.4) is 0 Å². The lowest BCUT2D eigenvalue weighted by Gasteiger charge is -2.30. The fourth-order valence-corrected chi connectivity index (χ4v) is 6.15. The molecule has 3 aromatic rings. The molecular formula is C22H23N3O3S2. The number of carbonyl (C=O) groups excluding carboxylic acids is 1. The highest BCUT2D eigenvalue weighted by Gasteiger charge is 2.33. The van der Waals surface area contributed by atoms with Gasteiger partial charge in [0, 0.05) is 30.2 Å². The largest absolute Gasteiger partial charge is 0.356 e. The average molecular weight is 442 g/mol. The third-order valence-electron chi connectivity index (χ3n) is 5.06. The van der Waals surface area contributed by atoms with E-state index in [0.29, 0.717) is 29.3 Å². The molecule has 0 radical (unpaired) electrons. The molecular weight excluding hydrogens is 418 g/mol. The van der Waals surface area contributed by atoms with Crippen LogP contribution in [0.4, 0.5) is 17.1 Å². The Hall–Kier alpha value is -2.68. The summed E-state index contributed by atoms with van der Waals surface area (Å²) >= 11 is 1.20. The van der Waals surface area contributed by atoms with Crippen molar-refractivity contribution in [1.82, 2.24) is 4.31 Å². The zero-order valence-electron chi connectivity index (χ0n) is 16.3. The van der Waals surface area contributed by atoms with Crippen molar-refractivity contribution < 1.29 is 13.2 Å². The first kappa shape index (κ1) is 20.6. The third kappa shape index (κ3) is 4.72. The first-order valence-corrected chi connectivity index (χ1v) is 12.1. The Morgan fingerprint density at radius 2 is 1.63 bits per heavy atom. The Kier molecular flexibility index (Phi) is 6.17. The number of para-hydroxylation sites is 1. The van der Waals surface area contributed by atoms with E-state index in [1.54, 1.807) is 17.5 Å². The van der Waals surface area contributed by atoms with Gasteiger partial charge in [-0.25, -0.2) is 8.42 Å². The Labute approximate surface area is 180 Å². The van der Waals surface area contributed by atoms with Crippen molar-refractivity contribution in [1.29, 1.82) is 0 Å². The minimum Gasteiger partial charge on any atom is -0.356 e. The normalized spacial score (nSPS) is 17.4. The monoisotopic (exact) mass is 441 g/mol. The van der Waals surface area contributed by atoms with E-state index in [4.69, 9.17) is 0 Å². The number of rotatable bonds is 6. The van der Waals surface area contributed by atoms with Crippen molar-refractivity contribution in [2.75, 3.05) is 23.7 Å². The zero-order chi connectivity index (χ0) is 21.0. The number of nitrogens with one attached hydrogen (secondary N) is 2. The first-order valence-electron chi connectivity index (χ1n) is 9.79. The Morgan fingerprint density at radius 3 is 2.33 bits per heavy atom. The van der Waals surface area contributed by atoms with Gasteiger partial charge in [0.2, 0.25) is 5.91 Å². The molecule has 1 aliphatic heterocycles. The summed E-state index contributed by atoms with van der Waals surface area (Å²) in [5.74, 6) is -0.513. The SMILES string of the molecule is O=C(Nc1ccc(Nc2ccccc2)cc1)[C@@H]1CCCN(S(=O)(=O)c2cccs2)C1. The van der Waals surface area contributed by atoms with Gasteiger partial charge < -0.3 is 10.6 Å². The summed E-state index contributed by atoms with van der Waals surface area (Å²) in [7, 11) is -3.53. The van der Waals surface area contributed by atoms with Gasteiger partial charge in [0.1, 0.15) is 4.21 Å². The molecule has 4 rings (SSSR count). The fourth-order valence-electron chi connectivity index (χ4n) is 3.48. The molecule has 1 amide bonds. The Balaban J connectivity index is 1.37. The highest BCUT2D eigenvalue weighted by atomic mass is 32.2. The number of hydrogen-bond donors (Lipinski definition) is 2. The molecule has 1 atom stereocenters. The van der Waals surface area contributed by atoms with Crippen molar-refractivity contribution in [2.45, 2.75) is 17.1 Å². The van der Waals surface area contributed by atoms with Crippen molar-refractivity contribution in [3.05, 3.63) is 72.1 Å². The fraction of sp³-hybridized carbons (Fsp3) is 0.227. The maximum Gasteiger partial charge on any atom is 0.252 e. The van der Waals surface area contributed by atoms with Gasteiger partial charge in [-0.3, -0.25) is 4.79 Å². The number of piperidine rings is 1. The van der Waals surface area contributed by atoms with E-state index in [2.05, 4.69) is 10.6 Å². The highest BCUT2D eigenvalue weighted by Crippen LogP contribution is 2.27. The molecule has 8 heteroatoms. The second kappa shape index (κ2) is 8.99. The quantitative estimate of drug-likeness (QED) is 0.589. The highest BCUT2D eigenvalue weighted by molar-refractivity contribution is 7.91. The smallest absolute Gasteiger partial charge is 0.252 e. The van der Waals surface area contributed by atoms with Crippen LogP contribution in [0.15, 0.2) is 76.3 Å². The van der Waals surface area contributed by atoms with Crippen LogP contribution in [-0.4, -0.2) is 31.7 Å². The lowest BCUT2D eigenvalue weighted by atomic mass is 9.98. The predicted molar refractivity (Wildman–Crippen MR) is 121 cm³/mol. The minimum atomic E-state index is -3.53. The number of benzene rings is 2. The number of nitrogens with zero attached hydrogens (tertiary/aromatic N) is 1. The molecule has 1 aromatic heterocycles. The van der Waals surface area contributed by atoms with Gasteiger partial charge in [-0.2, -0.15) is 4.31 Å². The van der Waals surface area contributed by atoms with Crippen LogP contribution in [0, 0.1) is 5.92 Å². The second-order valence-electron chi connectivity index (χ2n) is 7.19. The molecule has 30 heavy (non-hydrogen) atoms.